The largest absolute Gasteiger partial charge is 0.334 e. The number of carbonyl (C=O) groups is 1. The van der Waals surface area contributed by atoms with Gasteiger partial charge in [0.05, 0.1) is 17.7 Å². The lowest BCUT2D eigenvalue weighted by molar-refractivity contribution is 0.236. The van der Waals surface area contributed by atoms with Crippen LogP contribution in [-0.2, 0) is 6.54 Å². The van der Waals surface area contributed by atoms with Crippen LogP contribution in [0.2, 0.25) is 0 Å². The van der Waals surface area contributed by atoms with Gasteiger partial charge in [-0.25, -0.2) is 4.79 Å². The van der Waals surface area contributed by atoms with Gasteiger partial charge in [-0.05, 0) is 41.8 Å². The first-order valence-corrected chi connectivity index (χ1v) is 7.16. The number of benzene rings is 1. The number of nitrogens with zero attached hydrogens (tertiary/aromatic N) is 2. The number of nitrogens with one attached hydrogen (secondary N) is 2. The van der Waals surface area contributed by atoms with Crippen LogP contribution in [0.15, 0.2) is 48.8 Å². The summed E-state index contributed by atoms with van der Waals surface area (Å²) in [5.41, 5.74) is 2.51. The zero-order valence-corrected chi connectivity index (χ0v) is 12.4. The highest BCUT2D eigenvalue weighted by Gasteiger charge is 2.12. The molecule has 0 radical (unpaired) electrons. The van der Waals surface area contributed by atoms with Gasteiger partial charge < -0.3 is 10.6 Å². The first-order chi connectivity index (χ1) is 10.7. The Hall–Kier alpha value is -2.87. The molecule has 1 heterocycles. The maximum absolute atomic E-state index is 12.0. The molecule has 2 aromatic rings. The third-order valence-corrected chi connectivity index (χ3v) is 3.33. The number of aromatic nitrogens is 1. The average molecular weight is 294 g/mol. The van der Waals surface area contributed by atoms with E-state index in [4.69, 9.17) is 5.26 Å². The minimum absolute atomic E-state index is 0.0477. The molecule has 2 amide bonds. The van der Waals surface area contributed by atoms with Crippen molar-refractivity contribution in [1.82, 2.24) is 15.6 Å². The number of urea groups is 1. The Labute approximate surface area is 130 Å². The standard InChI is InChI=1S/C17H18N4O/c1-2-16(15-6-8-19-9-7-15)21-17(22)20-12-14-5-3-4-13(10-14)11-18/h3-10,16H,2,12H2,1H3,(H2,20,21,22)/t16-/m1/s1. The second-order valence-corrected chi connectivity index (χ2v) is 4.88. The monoisotopic (exact) mass is 294 g/mol. The Kier molecular flexibility index (Phi) is 5.50. The normalized spacial score (nSPS) is 11.3. The Morgan fingerprint density at radius 2 is 2.09 bits per heavy atom. The lowest BCUT2D eigenvalue weighted by atomic mass is 10.1. The summed E-state index contributed by atoms with van der Waals surface area (Å²) in [4.78, 5) is 16.0. The average Bonchev–Trinajstić information content (AvgIpc) is 2.58. The van der Waals surface area contributed by atoms with Crippen LogP contribution in [0.3, 0.4) is 0 Å². The molecule has 0 saturated heterocycles. The van der Waals surface area contributed by atoms with Gasteiger partial charge >= 0.3 is 6.03 Å². The van der Waals surface area contributed by atoms with Gasteiger partial charge in [0, 0.05) is 18.9 Å². The predicted octanol–water partition coefficient (Wildman–Crippen LogP) is 2.90. The van der Waals surface area contributed by atoms with Gasteiger partial charge in [0.15, 0.2) is 0 Å². The molecule has 1 aromatic heterocycles. The van der Waals surface area contributed by atoms with E-state index in [0.29, 0.717) is 12.1 Å². The highest BCUT2D eigenvalue weighted by Crippen LogP contribution is 2.14. The number of hydrogen-bond donors (Lipinski definition) is 2. The Morgan fingerprint density at radius 1 is 1.32 bits per heavy atom. The highest BCUT2D eigenvalue weighted by atomic mass is 16.2. The van der Waals surface area contributed by atoms with E-state index >= 15 is 0 Å². The Balaban J connectivity index is 1.91. The molecule has 0 aliphatic heterocycles. The highest BCUT2D eigenvalue weighted by molar-refractivity contribution is 5.74. The summed E-state index contributed by atoms with van der Waals surface area (Å²) in [6.07, 6.45) is 4.22. The SMILES string of the molecule is CC[C@@H](NC(=O)NCc1cccc(C#N)c1)c1ccncc1. The number of carbonyl (C=O) groups excluding carboxylic acids is 1. The van der Waals surface area contributed by atoms with Crippen LogP contribution in [-0.4, -0.2) is 11.0 Å². The Bertz CT molecular complexity index is 664. The van der Waals surface area contributed by atoms with Crippen LogP contribution in [0.25, 0.3) is 0 Å². The molecule has 0 bridgehead atoms. The van der Waals surface area contributed by atoms with E-state index in [2.05, 4.69) is 21.7 Å². The molecule has 2 N–H and O–H groups in total. The van der Waals surface area contributed by atoms with Crippen molar-refractivity contribution in [2.24, 2.45) is 0 Å². The number of nitriles is 1. The van der Waals surface area contributed by atoms with Crippen LogP contribution in [0.1, 0.15) is 36.1 Å². The van der Waals surface area contributed by atoms with E-state index in [1.165, 1.54) is 0 Å². The number of hydrogen-bond acceptors (Lipinski definition) is 3. The topological polar surface area (TPSA) is 77.8 Å². The van der Waals surface area contributed by atoms with Gasteiger partial charge in [-0.2, -0.15) is 5.26 Å². The van der Waals surface area contributed by atoms with E-state index in [9.17, 15) is 4.79 Å². The van der Waals surface area contributed by atoms with Gasteiger partial charge in [-0.3, -0.25) is 4.98 Å². The minimum atomic E-state index is -0.231. The first-order valence-electron chi connectivity index (χ1n) is 7.16. The molecule has 1 atom stereocenters. The summed E-state index contributed by atoms with van der Waals surface area (Å²) in [5, 5.41) is 14.6. The molecule has 5 heteroatoms. The van der Waals surface area contributed by atoms with E-state index in [0.717, 1.165) is 17.5 Å². The van der Waals surface area contributed by atoms with E-state index in [1.807, 2.05) is 25.1 Å². The molecule has 2 rings (SSSR count). The third-order valence-electron chi connectivity index (χ3n) is 3.33. The summed E-state index contributed by atoms with van der Waals surface area (Å²) in [6, 6.07) is 12.8. The molecule has 0 aliphatic rings. The van der Waals surface area contributed by atoms with Crippen molar-refractivity contribution in [3.8, 4) is 6.07 Å². The molecular formula is C17H18N4O. The second kappa shape index (κ2) is 7.79. The van der Waals surface area contributed by atoms with Crippen LogP contribution >= 0.6 is 0 Å². The van der Waals surface area contributed by atoms with Crippen molar-refractivity contribution in [2.75, 3.05) is 0 Å². The molecular weight excluding hydrogens is 276 g/mol. The van der Waals surface area contributed by atoms with Crippen molar-refractivity contribution in [2.45, 2.75) is 25.9 Å². The predicted molar refractivity (Wildman–Crippen MR) is 83.8 cm³/mol. The van der Waals surface area contributed by atoms with Crippen LogP contribution < -0.4 is 10.6 Å². The lowest BCUT2D eigenvalue weighted by Crippen LogP contribution is -2.37. The van der Waals surface area contributed by atoms with Gasteiger partial charge in [0.2, 0.25) is 0 Å². The minimum Gasteiger partial charge on any atom is -0.334 e. The van der Waals surface area contributed by atoms with Crippen LogP contribution in [0, 0.1) is 11.3 Å². The summed E-state index contributed by atoms with van der Waals surface area (Å²) in [6.45, 7) is 2.40. The molecule has 0 saturated carbocycles. The maximum atomic E-state index is 12.0. The fraction of sp³-hybridized carbons (Fsp3) is 0.235. The summed E-state index contributed by atoms with van der Waals surface area (Å²) < 4.78 is 0. The zero-order valence-electron chi connectivity index (χ0n) is 12.4. The van der Waals surface area contributed by atoms with Gasteiger partial charge in [0.1, 0.15) is 0 Å². The smallest absolute Gasteiger partial charge is 0.315 e. The Morgan fingerprint density at radius 3 is 2.77 bits per heavy atom. The van der Waals surface area contributed by atoms with E-state index in [1.54, 1.807) is 30.6 Å². The molecule has 0 fully saturated rings. The van der Waals surface area contributed by atoms with Crippen molar-refractivity contribution >= 4 is 6.03 Å². The van der Waals surface area contributed by atoms with Crippen molar-refractivity contribution in [3.05, 3.63) is 65.5 Å². The molecule has 0 unspecified atom stereocenters. The summed E-state index contributed by atoms with van der Waals surface area (Å²) in [5.74, 6) is 0. The molecule has 5 nitrogen and oxygen atoms in total. The number of amides is 2. The number of rotatable bonds is 5. The van der Waals surface area contributed by atoms with Crippen LogP contribution in [0.4, 0.5) is 4.79 Å². The van der Waals surface area contributed by atoms with Crippen LogP contribution in [0.5, 0.6) is 0 Å². The fourth-order valence-electron chi connectivity index (χ4n) is 2.16. The number of pyridine rings is 1. The van der Waals surface area contributed by atoms with Crippen molar-refractivity contribution < 1.29 is 4.79 Å². The molecule has 0 aliphatic carbocycles. The molecule has 1 aromatic carbocycles. The molecule has 22 heavy (non-hydrogen) atoms. The van der Waals surface area contributed by atoms with E-state index in [-0.39, 0.29) is 12.1 Å². The molecule has 112 valence electrons. The van der Waals surface area contributed by atoms with Crippen molar-refractivity contribution in [1.29, 1.82) is 5.26 Å². The third kappa shape index (κ3) is 4.32. The second-order valence-electron chi connectivity index (χ2n) is 4.88. The zero-order chi connectivity index (χ0) is 15.8. The lowest BCUT2D eigenvalue weighted by Gasteiger charge is -2.17. The fourth-order valence-corrected chi connectivity index (χ4v) is 2.16. The molecule has 0 spiro atoms. The van der Waals surface area contributed by atoms with Crippen molar-refractivity contribution in [3.63, 3.8) is 0 Å². The summed E-state index contributed by atoms with van der Waals surface area (Å²) >= 11 is 0. The van der Waals surface area contributed by atoms with Gasteiger partial charge in [0.25, 0.3) is 0 Å². The first kappa shape index (κ1) is 15.5. The summed E-state index contributed by atoms with van der Waals surface area (Å²) in [7, 11) is 0. The van der Waals surface area contributed by atoms with Gasteiger partial charge in [-0.1, -0.05) is 19.1 Å². The van der Waals surface area contributed by atoms with Gasteiger partial charge in [-0.15, -0.1) is 0 Å². The maximum Gasteiger partial charge on any atom is 0.315 e. The quantitative estimate of drug-likeness (QED) is 0.890. The van der Waals surface area contributed by atoms with E-state index < -0.39 is 0 Å².